The molecule has 2 rings (SSSR count). The van der Waals surface area contributed by atoms with E-state index in [1.807, 2.05) is 0 Å². The number of rotatable bonds is 3. The highest BCUT2D eigenvalue weighted by Crippen LogP contribution is 2.24. The normalized spacial score (nSPS) is 16.9. The summed E-state index contributed by atoms with van der Waals surface area (Å²) in [7, 11) is 0. The Morgan fingerprint density at radius 1 is 1.47 bits per heavy atom. The molecule has 0 saturated carbocycles. The van der Waals surface area contributed by atoms with Crippen LogP contribution in [0.15, 0.2) is 18.2 Å². The van der Waals surface area contributed by atoms with E-state index in [-0.39, 0.29) is 12.3 Å². The van der Waals surface area contributed by atoms with Gasteiger partial charge >= 0.3 is 0 Å². The minimum Gasteiger partial charge on any atom is -0.389 e. The molecule has 5 heteroatoms. The van der Waals surface area contributed by atoms with Crippen molar-refractivity contribution in [3.05, 3.63) is 34.9 Å². The molecule has 0 fully saturated rings. The third-order valence-corrected chi connectivity index (χ3v) is 2.82. The molecule has 88 valence electrons. The summed E-state index contributed by atoms with van der Waals surface area (Å²) >= 11 is 0. The summed E-state index contributed by atoms with van der Waals surface area (Å²) in [5.41, 5.74) is 1.91. The van der Waals surface area contributed by atoms with Crippen LogP contribution in [0.4, 0.5) is 0 Å². The zero-order chi connectivity index (χ0) is 12.4. The lowest BCUT2D eigenvalue weighted by Gasteiger charge is -2.16. The van der Waals surface area contributed by atoms with Crippen LogP contribution in [0.1, 0.15) is 34.0 Å². The molecule has 5 nitrogen and oxygen atoms in total. The number of nitrogens with one attached hydrogen (secondary N) is 1. The fourth-order valence-corrected chi connectivity index (χ4v) is 1.86. The SMILES string of the molecule is N#CCC(O)C(O)c1ccc2c(c1)CNC2=O. The highest BCUT2D eigenvalue weighted by molar-refractivity contribution is 5.98. The van der Waals surface area contributed by atoms with Gasteiger partial charge in [0.15, 0.2) is 0 Å². The Balaban J connectivity index is 2.24. The van der Waals surface area contributed by atoms with Gasteiger partial charge in [0.05, 0.1) is 18.6 Å². The predicted molar refractivity (Wildman–Crippen MR) is 58.8 cm³/mol. The molecule has 3 N–H and O–H groups in total. The van der Waals surface area contributed by atoms with E-state index in [1.54, 1.807) is 24.3 Å². The first kappa shape index (κ1) is 11.6. The monoisotopic (exact) mass is 232 g/mol. The van der Waals surface area contributed by atoms with Crippen LogP contribution in [0.3, 0.4) is 0 Å². The van der Waals surface area contributed by atoms with Crippen LogP contribution >= 0.6 is 0 Å². The van der Waals surface area contributed by atoms with Crippen molar-refractivity contribution in [2.75, 3.05) is 0 Å². The predicted octanol–water partition coefficient (Wildman–Crippen LogP) is 0.238. The zero-order valence-electron chi connectivity index (χ0n) is 9.05. The first-order chi connectivity index (χ1) is 8.13. The molecular weight excluding hydrogens is 220 g/mol. The van der Waals surface area contributed by atoms with Crippen LogP contribution in [0.5, 0.6) is 0 Å². The highest BCUT2D eigenvalue weighted by Gasteiger charge is 2.23. The molecule has 1 amide bonds. The molecule has 2 atom stereocenters. The molecule has 0 aromatic heterocycles. The van der Waals surface area contributed by atoms with E-state index < -0.39 is 12.2 Å². The van der Waals surface area contributed by atoms with Crippen molar-refractivity contribution in [2.24, 2.45) is 0 Å². The standard InChI is InChI=1S/C12H12N2O3/c13-4-3-10(15)11(16)7-1-2-9-8(5-7)6-14-12(9)17/h1-2,5,10-11,15-16H,3,6H2,(H,14,17). The first-order valence-corrected chi connectivity index (χ1v) is 5.27. The van der Waals surface area contributed by atoms with E-state index in [9.17, 15) is 15.0 Å². The number of benzene rings is 1. The fraction of sp³-hybridized carbons (Fsp3) is 0.333. The average Bonchev–Trinajstić information content (AvgIpc) is 2.70. The summed E-state index contributed by atoms with van der Waals surface area (Å²) in [5, 5.41) is 30.4. The fourth-order valence-electron chi connectivity index (χ4n) is 1.86. The molecule has 0 saturated heterocycles. The van der Waals surface area contributed by atoms with Gasteiger partial charge in [0.25, 0.3) is 5.91 Å². The number of aliphatic hydroxyl groups is 2. The molecule has 0 aliphatic carbocycles. The Morgan fingerprint density at radius 3 is 2.94 bits per heavy atom. The number of nitriles is 1. The maximum Gasteiger partial charge on any atom is 0.251 e. The minimum absolute atomic E-state index is 0.126. The highest BCUT2D eigenvalue weighted by atomic mass is 16.3. The maximum atomic E-state index is 11.3. The average molecular weight is 232 g/mol. The van der Waals surface area contributed by atoms with Gasteiger partial charge in [-0.25, -0.2) is 0 Å². The van der Waals surface area contributed by atoms with Crippen molar-refractivity contribution in [1.82, 2.24) is 5.32 Å². The van der Waals surface area contributed by atoms with Gasteiger partial charge in [-0.3, -0.25) is 4.79 Å². The van der Waals surface area contributed by atoms with Crippen LogP contribution in [0.2, 0.25) is 0 Å². The van der Waals surface area contributed by atoms with Crippen LogP contribution in [-0.4, -0.2) is 22.2 Å². The topological polar surface area (TPSA) is 93.3 Å². The third kappa shape index (κ3) is 2.13. The van der Waals surface area contributed by atoms with Crippen molar-refractivity contribution in [3.63, 3.8) is 0 Å². The van der Waals surface area contributed by atoms with Crippen molar-refractivity contribution in [3.8, 4) is 6.07 Å². The van der Waals surface area contributed by atoms with Gasteiger partial charge in [0.2, 0.25) is 0 Å². The zero-order valence-corrected chi connectivity index (χ0v) is 9.05. The summed E-state index contributed by atoms with van der Waals surface area (Å²) in [6.07, 6.45) is -2.34. The number of carbonyl (C=O) groups is 1. The lowest BCUT2D eigenvalue weighted by molar-refractivity contribution is 0.0216. The van der Waals surface area contributed by atoms with Crippen molar-refractivity contribution < 1.29 is 15.0 Å². The Labute approximate surface area is 98.3 Å². The molecule has 1 aromatic carbocycles. The van der Waals surface area contributed by atoms with Gasteiger partial charge in [-0.2, -0.15) is 5.26 Å². The summed E-state index contributed by atoms with van der Waals surface area (Å²) in [5.74, 6) is -0.126. The van der Waals surface area contributed by atoms with E-state index in [0.717, 1.165) is 5.56 Å². The smallest absolute Gasteiger partial charge is 0.251 e. The van der Waals surface area contributed by atoms with E-state index in [2.05, 4.69) is 5.32 Å². The number of nitrogens with zero attached hydrogens (tertiary/aromatic N) is 1. The van der Waals surface area contributed by atoms with E-state index in [4.69, 9.17) is 5.26 Å². The van der Waals surface area contributed by atoms with Gasteiger partial charge in [0.1, 0.15) is 6.10 Å². The molecule has 1 aliphatic rings. The quantitative estimate of drug-likeness (QED) is 0.695. The lowest BCUT2D eigenvalue weighted by Crippen LogP contribution is -2.17. The summed E-state index contributed by atoms with van der Waals surface area (Å²) < 4.78 is 0. The molecule has 0 spiro atoms. The minimum atomic E-state index is -1.11. The second-order valence-electron chi connectivity index (χ2n) is 3.97. The molecule has 1 aliphatic heterocycles. The second kappa shape index (κ2) is 4.53. The third-order valence-electron chi connectivity index (χ3n) is 2.82. The van der Waals surface area contributed by atoms with Crippen LogP contribution in [-0.2, 0) is 6.54 Å². The van der Waals surface area contributed by atoms with Crippen LogP contribution in [0, 0.1) is 11.3 Å². The summed E-state index contributed by atoms with van der Waals surface area (Å²) in [4.78, 5) is 11.3. The van der Waals surface area contributed by atoms with E-state index >= 15 is 0 Å². The molecular formula is C12H12N2O3. The number of aliphatic hydroxyl groups excluding tert-OH is 2. The molecule has 0 bridgehead atoms. The summed E-state index contributed by atoms with van der Waals surface area (Å²) in [6.45, 7) is 0.434. The Morgan fingerprint density at radius 2 is 2.24 bits per heavy atom. The van der Waals surface area contributed by atoms with E-state index in [1.165, 1.54) is 0 Å². The van der Waals surface area contributed by atoms with Gasteiger partial charge in [-0.1, -0.05) is 12.1 Å². The number of amides is 1. The van der Waals surface area contributed by atoms with Gasteiger partial charge in [-0.15, -0.1) is 0 Å². The molecule has 17 heavy (non-hydrogen) atoms. The summed E-state index contributed by atoms with van der Waals surface area (Å²) in [6, 6.07) is 6.69. The Bertz CT molecular complexity index is 493. The van der Waals surface area contributed by atoms with Crippen molar-refractivity contribution in [1.29, 1.82) is 5.26 Å². The number of hydrogen-bond acceptors (Lipinski definition) is 4. The van der Waals surface area contributed by atoms with Crippen molar-refractivity contribution in [2.45, 2.75) is 25.2 Å². The second-order valence-corrected chi connectivity index (χ2v) is 3.97. The first-order valence-electron chi connectivity index (χ1n) is 5.27. The van der Waals surface area contributed by atoms with Gasteiger partial charge < -0.3 is 15.5 Å². The number of carbonyl (C=O) groups excluding carboxylic acids is 1. The van der Waals surface area contributed by atoms with Gasteiger partial charge in [0, 0.05) is 12.1 Å². The molecule has 0 radical (unpaired) electrons. The lowest BCUT2D eigenvalue weighted by atomic mass is 9.98. The molecule has 2 unspecified atom stereocenters. The largest absolute Gasteiger partial charge is 0.389 e. The van der Waals surface area contributed by atoms with Crippen LogP contribution in [0.25, 0.3) is 0 Å². The number of fused-ring (bicyclic) bond motifs is 1. The molecule has 1 aromatic rings. The maximum absolute atomic E-state index is 11.3. The Hall–Kier alpha value is -1.90. The van der Waals surface area contributed by atoms with E-state index in [0.29, 0.717) is 17.7 Å². The van der Waals surface area contributed by atoms with Gasteiger partial charge in [-0.05, 0) is 17.2 Å². The number of hydrogen-bond donors (Lipinski definition) is 3. The van der Waals surface area contributed by atoms with Crippen molar-refractivity contribution >= 4 is 5.91 Å². The molecule has 1 heterocycles. The Kier molecular flexibility index (Phi) is 3.09. The van der Waals surface area contributed by atoms with Crippen LogP contribution < -0.4 is 5.32 Å².